The number of alkyl halides is 3. The van der Waals surface area contributed by atoms with Gasteiger partial charge in [-0.25, -0.2) is 19.4 Å². The Morgan fingerprint density at radius 3 is 2.70 bits per heavy atom. The summed E-state index contributed by atoms with van der Waals surface area (Å²) in [6.07, 6.45) is -3.28. The van der Waals surface area contributed by atoms with E-state index in [1.807, 2.05) is 0 Å². The summed E-state index contributed by atoms with van der Waals surface area (Å²) in [7, 11) is 0. The van der Waals surface area contributed by atoms with Gasteiger partial charge in [0.2, 0.25) is 5.16 Å². The van der Waals surface area contributed by atoms with Crippen LogP contribution in [0.2, 0.25) is 0 Å². The Kier molecular flexibility index (Phi) is 5.06. The molecule has 0 radical (unpaired) electrons. The highest BCUT2D eigenvalue weighted by molar-refractivity contribution is 9.10. The number of nitrogens with one attached hydrogen (secondary N) is 1. The minimum atomic E-state index is -4.59. The third-order valence-electron chi connectivity index (χ3n) is 3.26. The predicted molar refractivity (Wildman–Crippen MR) is 91.9 cm³/mol. The topological polar surface area (TPSA) is 107 Å². The van der Waals surface area contributed by atoms with Crippen LogP contribution in [0.25, 0.3) is 5.69 Å². The van der Waals surface area contributed by atoms with E-state index < -0.39 is 22.4 Å². The summed E-state index contributed by atoms with van der Waals surface area (Å²) in [5.74, 6) is 0. The predicted octanol–water partition coefficient (Wildman–Crippen LogP) is 3.80. The summed E-state index contributed by atoms with van der Waals surface area (Å²) < 4.78 is 40.0. The van der Waals surface area contributed by atoms with Crippen LogP contribution in [0.1, 0.15) is 5.56 Å². The molecule has 0 spiro atoms. The SMILES string of the molecule is O=c1[nH]nc(Sc2ncc(Br)cc2[N+](=O)[O-])n1-c1cccc(C(F)(F)F)c1. The van der Waals surface area contributed by atoms with E-state index in [0.717, 1.165) is 22.8 Å². The lowest BCUT2D eigenvalue weighted by Crippen LogP contribution is -2.16. The molecule has 140 valence electrons. The molecule has 0 aliphatic rings. The van der Waals surface area contributed by atoms with Gasteiger partial charge in [-0.2, -0.15) is 13.2 Å². The second-order valence-corrected chi connectivity index (χ2v) is 6.90. The lowest BCUT2D eigenvalue weighted by atomic mass is 10.2. The summed E-state index contributed by atoms with van der Waals surface area (Å²) in [6, 6.07) is 5.30. The number of nitro groups is 1. The normalized spacial score (nSPS) is 11.6. The fourth-order valence-electron chi connectivity index (χ4n) is 2.11. The van der Waals surface area contributed by atoms with Crippen LogP contribution in [0, 0.1) is 10.1 Å². The van der Waals surface area contributed by atoms with E-state index in [0.29, 0.717) is 16.2 Å². The molecule has 0 bridgehead atoms. The van der Waals surface area contributed by atoms with Crippen LogP contribution in [0.4, 0.5) is 18.9 Å². The summed E-state index contributed by atoms with van der Waals surface area (Å²) >= 11 is 3.74. The molecule has 3 aromatic rings. The summed E-state index contributed by atoms with van der Waals surface area (Å²) in [6.45, 7) is 0. The van der Waals surface area contributed by atoms with Gasteiger partial charge in [0, 0.05) is 16.7 Å². The maximum absolute atomic E-state index is 12.9. The molecule has 13 heteroatoms. The number of halogens is 4. The maximum Gasteiger partial charge on any atom is 0.416 e. The summed E-state index contributed by atoms with van der Waals surface area (Å²) in [5, 5.41) is 16.9. The average Bonchev–Trinajstić information content (AvgIpc) is 2.96. The first-order valence-corrected chi connectivity index (χ1v) is 8.60. The molecule has 0 atom stereocenters. The van der Waals surface area contributed by atoms with Crippen LogP contribution in [0.15, 0.2) is 56.0 Å². The van der Waals surface area contributed by atoms with Crippen LogP contribution in [0.3, 0.4) is 0 Å². The second-order valence-electron chi connectivity index (χ2n) is 5.03. The van der Waals surface area contributed by atoms with Gasteiger partial charge in [-0.1, -0.05) is 6.07 Å². The minimum absolute atomic E-state index is 0.0737. The van der Waals surface area contributed by atoms with E-state index >= 15 is 0 Å². The van der Waals surface area contributed by atoms with Crippen molar-refractivity contribution in [2.24, 2.45) is 0 Å². The Balaban J connectivity index is 2.08. The number of rotatable bonds is 4. The van der Waals surface area contributed by atoms with E-state index in [1.54, 1.807) is 0 Å². The van der Waals surface area contributed by atoms with Gasteiger partial charge in [-0.3, -0.25) is 10.1 Å². The zero-order valence-electron chi connectivity index (χ0n) is 12.9. The fraction of sp³-hybridized carbons (Fsp3) is 0.0714. The number of hydrogen-bond donors (Lipinski definition) is 1. The highest BCUT2D eigenvalue weighted by Gasteiger charge is 2.31. The molecular weight excluding hydrogens is 455 g/mol. The number of pyridine rings is 1. The van der Waals surface area contributed by atoms with Crippen molar-refractivity contribution >= 4 is 33.4 Å². The third-order valence-corrected chi connectivity index (χ3v) is 4.65. The van der Waals surface area contributed by atoms with Gasteiger partial charge in [0.05, 0.1) is 16.2 Å². The van der Waals surface area contributed by atoms with E-state index in [-0.39, 0.29) is 21.6 Å². The first kappa shape index (κ1) is 19.1. The Morgan fingerprint density at radius 2 is 2.04 bits per heavy atom. The van der Waals surface area contributed by atoms with Crippen molar-refractivity contribution in [1.29, 1.82) is 0 Å². The van der Waals surface area contributed by atoms with Gasteiger partial charge < -0.3 is 0 Å². The van der Waals surface area contributed by atoms with Gasteiger partial charge in [0.1, 0.15) is 0 Å². The molecule has 2 aromatic heterocycles. The molecule has 0 saturated heterocycles. The third kappa shape index (κ3) is 4.03. The fourth-order valence-corrected chi connectivity index (χ4v) is 3.32. The quantitative estimate of drug-likeness (QED) is 0.467. The monoisotopic (exact) mass is 461 g/mol. The van der Waals surface area contributed by atoms with Crippen molar-refractivity contribution < 1.29 is 18.1 Å². The number of benzene rings is 1. The first-order chi connectivity index (χ1) is 12.7. The largest absolute Gasteiger partial charge is 0.416 e. The molecule has 8 nitrogen and oxygen atoms in total. The lowest BCUT2D eigenvalue weighted by molar-refractivity contribution is -0.388. The van der Waals surface area contributed by atoms with Crippen molar-refractivity contribution in [3.8, 4) is 5.69 Å². The Labute approximate surface area is 160 Å². The van der Waals surface area contributed by atoms with E-state index in [9.17, 15) is 28.1 Å². The van der Waals surface area contributed by atoms with Gasteiger partial charge in [-0.15, -0.1) is 5.10 Å². The number of aromatic nitrogens is 4. The van der Waals surface area contributed by atoms with Crippen molar-refractivity contribution in [2.45, 2.75) is 16.4 Å². The van der Waals surface area contributed by atoms with Gasteiger partial charge >= 0.3 is 17.6 Å². The highest BCUT2D eigenvalue weighted by Crippen LogP contribution is 2.35. The van der Waals surface area contributed by atoms with Gasteiger partial charge in [-0.05, 0) is 45.9 Å². The van der Waals surface area contributed by atoms with Crippen LogP contribution in [0.5, 0.6) is 0 Å². The molecular formula is C14H7BrF3N5O3S. The van der Waals surface area contributed by atoms with E-state index in [2.05, 4.69) is 31.1 Å². The maximum atomic E-state index is 12.9. The highest BCUT2D eigenvalue weighted by atomic mass is 79.9. The molecule has 1 N–H and O–H groups in total. The molecule has 1 aromatic carbocycles. The van der Waals surface area contributed by atoms with Gasteiger partial charge in [0.15, 0.2) is 5.03 Å². The van der Waals surface area contributed by atoms with Crippen LogP contribution in [-0.2, 0) is 6.18 Å². The van der Waals surface area contributed by atoms with E-state index in [4.69, 9.17) is 0 Å². The summed E-state index contributed by atoms with van der Waals surface area (Å²) in [5.41, 5.74) is -2.18. The standard InChI is InChI=1S/C14H7BrF3N5O3S/c15-8-5-10(23(25)26)11(19-6-8)27-13-21-20-12(24)22(13)9-3-1-2-7(4-9)14(16,17)18/h1-6H,(H,20,24). The number of hydrogen-bond acceptors (Lipinski definition) is 6. The van der Waals surface area contributed by atoms with E-state index in [1.165, 1.54) is 18.3 Å². The number of aromatic amines is 1. The van der Waals surface area contributed by atoms with Crippen molar-refractivity contribution in [3.63, 3.8) is 0 Å². The molecule has 3 rings (SSSR count). The van der Waals surface area contributed by atoms with Gasteiger partial charge in [0.25, 0.3) is 0 Å². The lowest BCUT2D eigenvalue weighted by Gasteiger charge is -2.10. The number of H-pyrrole nitrogens is 1. The van der Waals surface area contributed by atoms with Crippen LogP contribution < -0.4 is 5.69 Å². The van der Waals surface area contributed by atoms with Crippen molar-refractivity contribution in [1.82, 2.24) is 19.7 Å². The molecule has 2 heterocycles. The first-order valence-electron chi connectivity index (χ1n) is 6.99. The number of nitrogens with zero attached hydrogens (tertiary/aromatic N) is 4. The smallest absolute Gasteiger partial charge is 0.258 e. The Morgan fingerprint density at radius 1 is 1.30 bits per heavy atom. The van der Waals surface area contributed by atoms with Crippen LogP contribution >= 0.6 is 27.7 Å². The molecule has 0 aliphatic carbocycles. The Bertz CT molecular complexity index is 1080. The molecule has 0 unspecified atom stereocenters. The molecule has 0 aliphatic heterocycles. The zero-order chi connectivity index (χ0) is 19.8. The van der Waals surface area contributed by atoms with Crippen molar-refractivity contribution in [2.75, 3.05) is 0 Å². The zero-order valence-corrected chi connectivity index (χ0v) is 15.3. The minimum Gasteiger partial charge on any atom is -0.258 e. The molecule has 0 fully saturated rings. The second kappa shape index (κ2) is 7.15. The van der Waals surface area contributed by atoms with Crippen molar-refractivity contribution in [3.05, 3.63) is 67.2 Å². The molecule has 27 heavy (non-hydrogen) atoms. The summed E-state index contributed by atoms with van der Waals surface area (Å²) in [4.78, 5) is 26.5. The average molecular weight is 462 g/mol. The molecule has 0 saturated carbocycles. The Hall–Kier alpha value is -2.67. The van der Waals surface area contributed by atoms with Crippen LogP contribution in [-0.4, -0.2) is 24.7 Å². The molecule has 0 amide bonds.